The molecule has 3 aliphatic heterocycles. The van der Waals surface area contributed by atoms with Crippen LogP contribution in [0.1, 0.15) is 39.5 Å². The number of likely N-dealkylation sites (tertiary alicyclic amines) is 2. The van der Waals surface area contributed by atoms with E-state index in [0.29, 0.717) is 0 Å². The minimum Gasteiger partial charge on any atom is -0.390 e. The number of aliphatic hydroxyl groups excluding tert-OH is 2. The van der Waals surface area contributed by atoms with E-state index in [1.165, 1.54) is 25.7 Å². The van der Waals surface area contributed by atoms with Gasteiger partial charge in [0.2, 0.25) is 0 Å². The molecule has 4 atom stereocenters. The molecule has 0 aliphatic carbocycles. The number of rotatable bonds is 8. The molecular formula is C22H44N4O2. The predicted octanol–water partition coefficient (Wildman–Crippen LogP) is 0.790. The van der Waals surface area contributed by atoms with E-state index in [1.807, 2.05) is 0 Å². The van der Waals surface area contributed by atoms with Gasteiger partial charge in [-0.3, -0.25) is 9.80 Å². The fourth-order valence-corrected chi connectivity index (χ4v) is 5.37. The first-order valence-corrected chi connectivity index (χ1v) is 11.7. The molecule has 0 radical (unpaired) electrons. The van der Waals surface area contributed by atoms with Crippen molar-refractivity contribution < 1.29 is 10.2 Å². The Morgan fingerprint density at radius 3 is 1.32 bits per heavy atom. The maximum absolute atomic E-state index is 10.5. The largest absolute Gasteiger partial charge is 0.390 e. The highest BCUT2D eigenvalue weighted by Crippen LogP contribution is 2.17. The summed E-state index contributed by atoms with van der Waals surface area (Å²) in [5.41, 5.74) is 0. The Balaban J connectivity index is 1.29. The van der Waals surface area contributed by atoms with Gasteiger partial charge in [0.1, 0.15) is 0 Å². The van der Waals surface area contributed by atoms with Gasteiger partial charge in [-0.15, -0.1) is 0 Å². The maximum Gasteiger partial charge on any atom is 0.0793 e. The summed E-state index contributed by atoms with van der Waals surface area (Å²) in [6.45, 7) is 16.4. The van der Waals surface area contributed by atoms with E-state index in [1.54, 1.807) is 0 Å². The molecule has 0 aromatic carbocycles. The first-order valence-electron chi connectivity index (χ1n) is 11.7. The molecule has 0 spiro atoms. The predicted molar refractivity (Wildman–Crippen MR) is 115 cm³/mol. The Labute approximate surface area is 172 Å². The van der Waals surface area contributed by atoms with Crippen LogP contribution in [0.25, 0.3) is 0 Å². The third kappa shape index (κ3) is 7.54. The third-order valence-corrected chi connectivity index (χ3v) is 6.82. The van der Waals surface area contributed by atoms with Crippen molar-refractivity contribution in [2.24, 2.45) is 11.8 Å². The molecule has 6 heteroatoms. The Morgan fingerprint density at radius 1 is 0.607 bits per heavy atom. The van der Waals surface area contributed by atoms with Crippen LogP contribution >= 0.6 is 0 Å². The lowest BCUT2D eigenvalue weighted by Gasteiger charge is -2.38. The molecule has 164 valence electrons. The highest BCUT2D eigenvalue weighted by Gasteiger charge is 2.25. The van der Waals surface area contributed by atoms with Crippen molar-refractivity contribution in [3.05, 3.63) is 0 Å². The summed E-state index contributed by atoms with van der Waals surface area (Å²) in [5.74, 6) is 1.54. The second kappa shape index (κ2) is 11.2. The zero-order chi connectivity index (χ0) is 19.9. The van der Waals surface area contributed by atoms with Crippen LogP contribution in [0, 0.1) is 11.8 Å². The van der Waals surface area contributed by atoms with Gasteiger partial charge in [0.15, 0.2) is 0 Å². The molecule has 3 heterocycles. The molecule has 0 aromatic heterocycles. The van der Waals surface area contributed by atoms with Crippen LogP contribution in [0.4, 0.5) is 0 Å². The molecule has 0 unspecified atom stereocenters. The minimum absolute atomic E-state index is 0.247. The van der Waals surface area contributed by atoms with E-state index in [0.717, 1.165) is 90.4 Å². The first kappa shape index (κ1) is 22.4. The summed E-state index contributed by atoms with van der Waals surface area (Å²) < 4.78 is 0. The average molecular weight is 397 g/mol. The molecule has 28 heavy (non-hydrogen) atoms. The van der Waals surface area contributed by atoms with Crippen molar-refractivity contribution in [1.82, 2.24) is 19.6 Å². The van der Waals surface area contributed by atoms with Crippen molar-refractivity contribution in [2.45, 2.75) is 51.7 Å². The summed E-state index contributed by atoms with van der Waals surface area (Å²) in [7, 11) is 0. The van der Waals surface area contributed by atoms with Crippen molar-refractivity contribution in [3.8, 4) is 0 Å². The Morgan fingerprint density at radius 2 is 0.964 bits per heavy atom. The van der Waals surface area contributed by atoms with Gasteiger partial charge in [0.25, 0.3) is 0 Å². The van der Waals surface area contributed by atoms with Crippen molar-refractivity contribution in [3.63, 3.8) is 0 Å². The normalized spacial score (nSPS) is 31.7. The van der Waals surface area contributed by atoms with Gasteiger partial charge in [0.05, 0.1) is 12.2 Å². The first-order chi connectivity index (χ1) is 13.5. The van der Waals surface area contributed by atoms with Crippen LogP contribution in [-0.2, 0) is 0 Å². The minimum atomic E-state index is -0.247. The summed E-state index contributed by atoms with van der Waals surface area (Å²) in [4.78, 5) is 9.67. The van der Waals surface area contributed by atoms with Gasteiger partial charge in [0, 0.05) is 65.4 Å². The highest BCUT2D eigenvalue weighted by atomic mass is 16.3. The number of hydrogen-bond donors (Lipinski definition) is 2. The Hall–Kier alpha value is -0.240. The molecule has 0 aromatic rings. The lowest BCUT2D eigenvalue weighted by Crippen LogP contribution is -2.52. The molecular weight excluding hydrogens is 352 g/mol. The lowest BCUT2D eigenvalue weighted by molar-refractivity contribution is 0.0210. The molecule has 0 amide bonds. The lowest BCUT2D eigenvalue weighted by atomic mass is 10.00. The van der Waals surface area contributed by atoms with E-state index in [4.69, 9.17) is 0 Å². The topological polar surface area (TPSA) is 53.4 Å². The van der Waals surface area contributed by atoms with Crippen molar-refractivity contribution >= 4 is 0 Å². The molecule has 0 saturated carbocycles. The van der Waals surface area contributed by atoms with Gasteiger partial charge < -0.3 is 20.0 Å². The summed E-state index contributed by atoms with van der Waals surface area (Å²) in [6, 6.07) is 0. The van der Waals surface area contributed by atoms with Crippen LogP contribution in [0.3, 0.4) is 0 Å². The molecule has 2 N–H and O–H groups in total. The van der Waals surface area contributed by atoms with Gasteiger partial charge in [-0.25, -0.2) is 0 Å². The Bertz CT molecular complexity index is 404. The molecule has 0 bridgehead atoms. The number of β-amino-alcohol motifs (C(OH)–C–C–N with tert-alkyl or cyclic N) is 2. The van der Waals surface area contributed by atoms with Crippen LogP contribution in [0.15, 0.2) is 0 Å². The smallest absolute Gasteiger partial charge is 0.0793 e. The SMILES string of the molecule is C[C@@H]1CCCN(C[C@H](O)CN2CCN(C[C@@H](O)CN3CCC[C@H](C)C3)CC2)C1. The number of hydrogen-bond acceptors (Lipinski definition) is 6. The fraction of sp³-hybridized carbons (Fsp3) is 1.00. The average Bonchev–Trinajstić information content (AvgIpc) is 2.63. The zero-order valence-electron chi connectivity index (χ0n) is 18.3. The van der Waals surface area contributed by atoms with Gasteiger partial charge in [-0.1, -0.05) is 13.8 Å². The van der Waals surface area contributed by atoms with E-state index in [9.17, 15) is 10.2 Å². The molecule has 3 fully saturated rings. The standard InChI is InChI=1S/C22H44N4O2/c1-19-5-3-7-25(13-19)17-21(27)15-23-9-11-24(12-10-23)16-22(28)18-26-8-4-6-20(2)14-26/h19-22,27-28H,3-18H2,1-2H3/t19-,20+,21-,22-/m1/s1. The monoisotopic (exact) mass is 396 g/mol. The number of aliphatic hydroxyl groups is 2. The maximum atomic E-state index is 10.5. The third-order valence-electron chi connectivity index (χ3n) is 6.82. The summed E-state index contributed by atoms with van der Waals surface area (Å²) >= 11 is 0. The van der Waals surface area contributed by atoms with Crippen LogP contribution in [0.2, 0.25) is 0 Å². The molecule has 6 nitrogen and oxygen atoms in total. The van der Waals surface area contributed by atoms with Crippen LogP contribution < -0.4 is 0 Å². The molecule has 3 saturated heterocycles. The summed E-state index contributed by atoms with van der Waals surface area (Å²) in [6.07, 6.45) is 4.71. The van der Waals surface area contributed by atoms with Gasteiger partial charge in [-0.05, 0) is 50.6 Å². The number of piperidine rings is 2. The van der Waals surface area contributed by atoms with E-state index in [-0.39, 0.29) is 12.2 Å². The van der Waals surface area contributed by atoms with E-state index >= 15 is 0 Å². The quantitative estimate of drug-likeness (QED) is 0.633. The highest BCUT2D eigenvalue weighted by molar-refractivity contribution is 4.80. The van der Waals surface area contributed by atoms with Crippen LogP contribution in [-0.4, -0.2) is 121 Å². The van der Waals surface area contributed by atoms with E-state index < -0.39 is 0 Å². The van der Waals surface area contributed by atoms with Crippen LogP contribution in [0.5, 0.6) is 0 Å². The van der Waals surface area contributed by atoms with Crippen molar-refractivity contribution in [2.75, 3.05) is 78.5 Å². The number of piperazine rings is 1. The Kier molecular flexibility index (Phi) is 9.00. The van der Waals surface area contributed by atoms with Gasteiger partial charge >= 0.3 is 0 Å². The fourth-order valence-electron chi connectivity index (χ4n) is 5.37. The van der Waals surface area contributed by atoms with Crippen molar-refractivity contribution in [1.29, 1.82) is 0 Å². The summed E-state index contributed by atoms with van der Waals surface area (Å²) in [5, 5.41) is 21.0. The zero-order valence-corrected chi connectivity index (χ0v) is 18.3. The molecule has 3 rings (SSSR count). The van der Waals surface area contributed by atoms with Gasteiger partial charge in [-0.2, -0.15) is 0 Å². The second-order valence-electron chi connectivity index (χ2n) is 9.92. The molecule has 3 aliphatic rings. The van der Waals surface area contributed by atoms with E-state index in [2.05, 4.69) is 33.4 Å². The second-order valence-corrected chi connectivity index (χ2v) is 9.92. The number of nitrogens with zero attached hydrogens (tertiary/aromatic N) is 4.